The van der Waals surface area contributed by atoms with Gasteiger partial charge in [-0.05, 0) is 24.5 Å². The number of hydrogen-bond donors (Lipinski definition) is 0. The van der Waals surface area contributed by atoms with Crippen molar-refractivity contribution in [1.82, 2.24) is 0 Å². The maximum atomic E-state index is 14.0. The summed E-state index contributed by atoms with van der Waals surface area (Å²) < 4.78 is 24.4. The number of methoxy groups -OCH3 is 1. The summed E-state index contributed by atoms with van der Waals surface area (Å²) in [6.07, 6.45) is 1.48. The molecular formula is C13H16ClFO2. The first-order chi connectivity index (χ1) is 8.21. The lowest BCUT2D eigenvalue weighted by Gasteiger charge is -2.24. The minimum Gasteiger partial charge on any atom is -0.494 e. The average molecular weight is 259 g/mol. The van der Waals surface area contributed by atoms with E-state index in [2.05, 4.69) is 0 Å². The molecule has 94 valence electrons. The van der Waals surface area contributed by atoms with Crippen molar-refractivity contribution in [2.24, 2.45) is 5.41 Å². The SMILES string of the molecule is COc1cccc(CC2(CCl)CCOC2)c1F. The quantitative estimate of drug-likeness (QED) is 0.773. The molecule has 1 atom stereocenters. The summed E-state index contributed by atoms with van der Waals surface area (Å²) in [7, 11) is 1.47. The third-order valence-electron chi connectivity index (χ3n) is 3.30. The number of benzene rings is 1. The zero-order chi connectivity index (χ0) is 12.3. The molecule has 0 bridgehead atoms. The van der Waals surface area contributed by atoms with E-state index < -0.39 is 0 Å². The minimum atomic E-state index is -0.286. The zero-order valence-electron chi connectivity index (χ0n) is 9.84. The van der Waals surface area contributed by atoms with Crippen molar-refractivity contribution >= 4 is 11.6 Å². The van der Waals surface area contributed by atoms with Crippen molar-refractivity contribution in [3.63, 3.8) is 0 Å². The molecule has 0 aromatic heterocycles. The van der Waals surface area contributed by atoms with Crippen LogP contribution >= 0.6 is 11.6 Å². The van der Waals surface area contributed by atoms with Crippen LogP contribution in [0.3, 0.4) is 0 Å². The van der Waals surface area contributed by atoms with Gasteiger partial charge in [-0.3, -0.25) is 0 Å². The van der Waals surface area contributed by atoms with E-state index in [1.54, 1.807) is 18.2 Å². The number of rotatable bonds is 4. The Morgan fingerprint density at radius 1 is 1.53 bits per heavy atom. The molecule has 0 aliphatic carbocycles. The molecule has 0 amide bonds. The molecule has 0 radical (unpaired) electrons. The largest absolute Gasteiger partial charge is 0.494 e. The highest BCUT2D eigenvalue weighted by Crippen LogP contribution is 2.35. The predicted octanol–water partition coefficient (Wildman–Crippen LogP) is 3.02. The van der Waals surface area contributed by atoms with Gasteiger partial charge in [-0.1, -0.05) is 12.1 Å². The summed E-state index contributed by atoms with van der Waals surface area (Å²) in [5.41, 5.74) is 0.518. The van der Waals surface area contributed by atoms with Crippen LogP contribution in [0.15, 0.2) is 18.2 Å². The molecule has 1 aliphatic heterocycles. The highest BCUT2D eigenvalue weighted by atomic mass is 35.5. The van der Waals surface area contributed by atoms with E-state index in [0.717, 1.165) is 6.42 Å². The van der Waals surface area contributed by atoms with Crippen molar-refractivity contribution in [2.45, 2.75) is 12.8 Å². The van der Waals surface area contributed by atoms with Crippen LogP contribution in [0, 0.1) is 11.2 Å². The Kier molecular flexibility index (Phi) is 3.89. The molecule has 2 rings (SSSR count). The van der Waals surface area contributed by atoms with Gasteiger partial charge in [0.25, 0.3) is 0 Å². The van der Waals surface area contributed by atoms with Crippen molar-refractivity contribution < 1.29 is 13.9 Å². The molecule has 2 nitrogen and oxygen atoms in total. The standard InChI is InChI=1S/C13H16ClFO2/c1-16-11-4-2-3-10(12(11)15)7-13(8-14)5-6-17-9-13/h2-4H,5-9H2,1H3. The maximum Gasteiger partial charge on any atom is 0.168 e. The van der Waals surface area contributed by atoms with E-state index in [-0.39, 0.29) is 17.0 Å². The second kappa shape index (κ2) is 5.23. The van der Waals surface area contributed by atoms with Gasteiger partial charge in [0.2, 0.25) is 0 Å². The Hall–Kier alpha value is -0.800. The van der Waals surface area contributed by atoms with Crippen LogP contribution in [0.5, 0.6) is 5.75 Å². The molecule has 1 heterocycles. The molecule has 1 aromatic carbocycles. The highest BCUT2D eigenvalue weighted by Gasteiger charge is 2.35. The lowest BCUT2D eigenvalue weighted by molar-refractivity contribution is 0.160. The van der Waals surface area contributed by atoms with E-state index in [0.29, 0.717) is 31.1 Å². The van der Waals surface area contributed by atoms with Gasteiger partial charge in [0, 0.05) is 17.9 Å². The lowest BCUT2D eigenvalue weighted by atomic mass is 9.82. The Morgan fingerprint density at radius 2 is 2.35 bits per heavy atom. The molecule has 0 spiro atoms. The van der Waals surface area contributed by atoms with Crippen LogP contribution in [0.2, 0.25) is 0 Å². The number of hydrogen-bond acceptors (Lipinski definition) is 2. The fourth-order valence-electron chi connectivity index (χ4n) is 2.20. The highest BCUT2D eigenvalue weighted by molar-refractivity contribution is 6.18. The second-order valence-corrected chi connectivity index (χ2v) is 4.81. The summed E-state index contributed by atoms with van der Waals surface area (Å²) in [6.45, 7) is 1.31. The minimum absolute atomic E-state index is 0.130. The van der Waals surface area contributed by atoms with Gasteiger partial charge in [0.05, 0.1) is 13.7 Å². The van der Waals surface area contributed by atoms with E-state index in [1.165, 1.54) is 7.11 Å². The molecule has 0 N–H and O–H groups in total. The van der Waals surface area contributed by atoms with Gasteiger partial charge in [0.1, 0.15) is 0 Å². The van der Waals surface area contributed by atoms with E-state index in [1.807, 2.05) is 0 Å². The lowest BCUT2D eigenvalue weighted by Crippen LogP contribution is -2.26. The maximum absolute atomic E-state index is 14.0. The van der Waals surface area contributed by atoms with Crippen LogP contribution in [0.4, 0.5) is 4.39 Å². The molecule has 1 saturated heterocycles. The average Bonchev–Trinajstić information content (AvgIpc) is 2.81. The van der Waals surface area contributed by atoms with Crippen LogP contribution in [-0.4, -0.2) is 26.2 Å². The van der Waals surface area contributed by atoms with Crippen molar-refractivity contribution in [1.29, 1.82) is 0 Å². The first kappa shape index (κ1) is 12.7. The van der Waals surface area contributed by atoms with E-state index in [9.17, 15) is 4.39 Å². The summed E-state index contributed by atoms with van der Waals surface area (Å²) in [5.74, 6) is 0.487. The van der Waals surface area contributed by atoms with Gasteiger partial charge in [-0.2, -0.15) is 0 Å². The molecule has 17 heavy (non-hydrogen) atoms. The Morgan fingerprint density at radius 3 is 2.94 bits per heavy atom. The topological polar surface area (TPSA) is 18.5 Å². The normalized spacial score (nSPS) is 23.9. The van der Waals surface area contributed by atoms with Gasteiger partial charge < -0.3 is 9.47 Å². The predicted molar refractivity (Wildman–Crippen MR) is 65.2 cm³/mol. The monoisotopic (exact) mass is 258 g/mol. The molecule has 0 saturated carbocycles. The van der Waals surface area contributed by atoms with E-state index in [4.69, 9.17) is 21.1 Å². The summed E-state index contributed by atoms with van der Waals surface area (Å²) in [4.78, 5) is 0. The van der Waals surface area contributed by atoms with Crippen LogP contribution in [0.25, 0.3) is 0 Å². The third-order valence-corrected chi connectivity index (χ3v) is 3.86. The van der Waals surface area contributed by atoms with Gasteiger partial charge >= 0.3 is 0 Å². The molecule has 1 aromatic rings. The van der Waals surface area contributed by atoms with Gasteiger partial charge in [-0.25, -0.2) is 4.39 Å². The molecule has 1 unspecified atom stereocenters. The van der Waals surface area contributed by atoms with Crippen LogP contribution in [0.1, 0.15) is 12.0 Å². The Bertz CT molecular complexity index is 389. The smallest absolute Gasteiger partial charge is 0.168 e. The molecular weight excluding hydrogens is 243 g/mol. The molecule has 1 aliphatic rings. The summed E-state index contributed by atoms with van der Waals surface area (Å²) in [6, 6.07) is 5.21. The first-order valence-electron chi connectivity index (χ1n) is 5.66. The summed E-state index contributed by atoms with van der Waals surface area (Å²) in [5, 5.41) is 0. The van der Waals surface area contributed by atoms with Crippen molar-refractivity contribution in [2.75, 3.05) is 26.2 Å². The van der Waals surface area contributed by atoms with E-state index >= 15 is 0 Å². The number of alkyl halides is 1. The fraction of sp³-hybridized carbons (Fsp3) is 0.538. The number of ether oxygens (including phenoxy) is 2. The number of halogens is 2. The molecule has 1 fully saturated rings. The fourth-order valence-corrected chi connectivity index (χ4v) is 2.50. The van der Waals surface area contributed by atoms with Crippen LogP contribution < -0.4 is 4.74 Å². The van der Waals surface area contributed by atoms with Crippen LogP contribution in [-0.2, 0) is 11.2 Å². The zero-order valence-corrected chi connectivity index (χ0v) is 10.6. The Labute approximate surface area is 106 Å². The molecule has 4 heteroatoms. The van der Waals surface area contributed by atoms with Gasteiger partial charge in [-0.15, -0.1) is 11.6 Å². The Balaban J connectivity index is 2.23. The van der Waals surface area contributed by atoms with Crippen molar-refractivity contribution in [3.8, 4) is 5.75 Å². The van der Waals surface area contributed by atoms with Crippen molar-refractivity contribution in [3.05, 3.63) is 29.6 Å². The third kappa shape index (κ3) is 2.55. The van der Waals surface area contributed by atoms with Gasteiger partial charge in [0.15, 0.2) is 11.6 Å². The second-order valence-electron chi connectivity index (χ2n) is 4.55. The first-order valence-corrected chi connectivity index (χ1v) is 6.19. The summed E-state index contributed by atoms with van der Waals surface area (Å²) >= 11 is 6.01.